The highest BCUT2D eigenvalue weighted by Gasteiger charge is 2.25. The van der Waals surface area contributed by atoms with Gasteiger partial charge < -0.3 is 5.32 Å². The van der Waals surface area contributed by atoms with Crippen LogP contribution in [0.1, 0.15) is 37.0 Å². The second-order valence-electron chi connectivity index (χ2n) is 4.40. The Bertz CT molecular complexity index is 441. The van der Waals surface area contributed by atoms with Crippen LogP contribution in [0, 0.1) is 9.39 Å². The Labute approximate surface area is 132 Å². The lowest BCUT2D eigenvalue weighted by molar-refractivity contribution is 0.0948. The summed E-state index contributed by atoms with van der Waals surface area (Å²) in [5.41, 5.74) is 0.532. The highest BCUT2D eigenvalue weighted by molar-refractivity contribution is 14.1. The molecule has 0 atom stereocenters. The molecule has 106 valence electrons. The lowest BCUT2D eigenvalue weighted by Gasteiger charge is -2.29. The minimum absolute atomic E-state index is 0.0845. The Balaban J connectivity index is 2.75. The van der Waals surface area contributed by atoms with E-state index in [9.17, 15) is 9.18 Å². The minimum atomic E-state index is -0.318. The molecule has 0 aliphatic rings. The van der Waals surface area contributed by atoms with Crippen LogP contribution >= 0.6 is 34.4 Å². The molecule has 0 saturated carbocycles. The second-order valence-corrected chi connectivity index (χ2v) is 6.84. The van der Waals surface area contributed by atoms with Gasteiger partial charge in [0.25, 0.3) is 5.91 Å². The van der Waals surface area contributed by atoms with E-state index in [0.717, 1.165) is 12.8 Å². The quantitative estimate of drug-likeness (QED) is 0.736. The van der Waals surface area contributed by atoms with Gasteiger partial charge in [-0.15, -0.1) is 0 Å². The molecule has 1 aromatic carbocycles. The standard InChI is InChI=1S/C14H19FINOS/c1-4-14(5-2,19-3)9-17-13(18)11-7-6-10(15)8-12(11)16/h6-8H,4-5,9H2,1-3H3,(H,17,18). The molecule has 1 aromatic rings. The van der Waals surface area contributed by atoms with E-state index in [1.807, 2.05) is 22.6 Å². The van der Waals surface area contributed by atoms with Crippen LogP contribution in [0.3, 0.4) is 0 Å². The first-order valence-corrected chi connectivity index (χ1v) is 8.56. The molecule has 19 heavy (non-hydrogen) atoms. The van der Waals surface area contributed by atoms with Crippen molar-refractivity contribution < 1.29 is 9.18 Å². The fourth-order valence-corrected chi connectivity index (χ4v) is 3.39. The van der Waals surface area contributed by atoms with Crippen LogP contribution in [0.2, 0.25) is 0 Å². The molecule has 0 heterocycles. The summed E-state index contributed by atoms with van der Waals surface area (Å²) >= 11 is 3.77. The second kappa shape index (κ2) is 7.47. The lowest BCUT2D eigenvalue weighted by Crippen LogP contribution is -2.39. The van der Waals surface area contributed by atoms with Gasteiger partial charge in [-0.2, -0.15) is 11.8 Å². The van der Waals surface area contributed by atoms with Gasteiger partial charge in [0, 0.05) is 14.9 Å². The molecule has 0 bridgehead atoms. The van der Waals surface area contributed by atoms with Gasteiger partial charge in [-0.3, -0.25) is 4.79 Å². The predicted octanol–water partition coefficient (Wildman–Crippen LogP) is 4.08. The van der Waals surface area contributed by atoms with Gasteiger partial charge in [-0.05, 0) is 59.9 Å². The maximum absolute atomic E-state index is 13.0. The molecule has 1 rings (SSSR count). The zero-order chi connectivity index (χ0) is 14.5. The van der Waals surface area contributed by atoms with Crippen LogP contribution in [0.5, 0.6) is 0 Å². The average molecular weight is 395 g/mol. The largest absolute Gasteiger partial charge is 0.351 e. The monoisotopic (exact) mass is 395 g/mol. The van der Waals surface area contributed by atoms with E-state index in [0.29, 0.717) is 15.7 Å². The van der Waals surface area contributed by atoms with Crippen LogP contribution in [0.25, 0.3) is 0 Å². The molecule has 0 unspecified atom stereocenters. The number of carbonyl (C=O) groups is 1. The molecule has 1 amide bonds. The minimum Gasteiger partial charge on any atom is -0.351 e. The summed E-state index contributed by atoms with van der Waals surface area (Å²) in [7, 11) is 0. The smallest absolute Gasteiger partial charge is 0.252 e. The third kappa shape index (κ3) is 4.34. The van der Waals surface area contributed by atoms with Gasteiger partial charge in [0.2, 0.25) is 0 Å². The first-order chi connectivity index (χ1) is 8.98. The third-order valence-corrected chi connectivity index (χ3v) is 5.95. The van der Waals surface area contributed by atoms with Crippen molar-refractivity contribution in [1.29, 1.82) is 0 Å². The van der Waals surface area contributed by atoms with Crippen molar-refractivity contribution in [2.24, 2.45) is 0 Å². The van der Waals surface area contributed by atoms with Crippen molar-refractivity contribution in [2.75, 3.05) is 12.8 Å². The SMILES string of the molecule is CCC(CC)(CNC(=O)c1ccc(F)cc1I)SC. The molecule has 0 aromatic heterocycles. The number of nitrogens with one attached hydrogen (secondary N) is 1. The number of thioether (sulfide) groups is 1. The summed E-state index contributed by atoms with van der Waals surface area (Å²) in [6, 6.07) is 4.22. The highest BCUT2D eigenvalue weighted by atomic mass is 127. The number of hydrogen-bond donors (Lipinski definition) is 1. The molecule has 5 heteroatoms. The van der Waals surface area contributed by atoms with Crippen molar-refractivity contribution >= 4 is 40.3 Å². The first-order valence-electron chi connectivity index (χ1n) is 6.26. The zero-order valence-electron chi connectivity index (χ0n) is 11.4. The summed E-state index contributed by atoms with van der Waals surface area (Å²) < 4.78 is 13.7. The van der Waals surface area contributed by atoms with Crippen LogP contribution < -0.4 is 5.32 Å². The van der Waals surface area contributed by atoms with E-state index in [1.165, 1.54) is 18.2 Å². The van der Waals surface area contributed by atoms with Crippen molar-refractivity contribution in [1.82, 2.24) is 5.32 Å². The van der Waals surface area contributed by atoms with Gasteiger partial charge in [0.05, 0.1) is 5.56 Å². The number of rotatable bonds is 6. The number of amides is 1. The van der Waals surface area contributed by atoms with Gasteiger partial charge >= 0.3 is 0 Å². The molecule has 0 saturated heterocycles. The van der Waals surface area contributed by atoms with Crippen LogP contribution in [-0.2, 0) is 0 Å². The van der Waals surface area contributed by atoms with Crippen molar-refractivity contribution in [3.8, 4) is 0 Å². The van der Waals surface area contributed by atoms with E-state index in [2.05, 4.69) is 25.4 Å². The maximum atomic E-state index is 13.0. The summed E-state index contributed by atoms with van der Waals surface area (Å²) in [6.45, 7) is 4.90. The van der Waals surface area contributed by atoms with E-state index >= 15 is 0 Å². The highest BCUT2D eigenvalue weighted by Crippen LogP contribution is 2.29. The number of halogens is 2. The number of benzene rings is 1. The van der Waals surface area contributed by atoms with Crippen molar-refractivity contribution in [2.45, 2.75) is 31.4 Å². The summed E-state index contributed by atoms with van der Waals surface area (Å²) in [4.78, 5) is 12.1. The molecule has 0 spiro atoms. The fraction of sp³-hybridized carbons (Fsp3) is 0.500. The molecule has 0 fully saturated rings. The number of hydrogen-bond acceptors (Lipinski definition) is 2. The maximum Gasteiger partial charge on any atom is 0.252 e. The lowest BCUT2D eigenvalue weighted by atomic mass is 10.0. The third-order valence-electron chi connectivity index (χ3n) is 3.47. The molecular formula is C14H19FINOS. The first kappa shape index (κ1) is 16.8. The average Bonchev–Trinajstić information content (AvgIpc) is 2.40. The summed E-state index contributed by atoms with van der Waals surface area (Å²) in [5, 5.41) is 2.97. The number of carbonyl (C=O) groups excluding carboxylic acids is 1. The van der Waals surface area contributed by atoms with Crippen LogP contribution in [0.15, 0.2) is 18.2 Å². The Hall–Kier alpha value is -0.300. The topological polar surface area (TPSA) is 29.1 Å². The Morgan fingerprint density at radius 3 is 2.53 bits per heavy atom. The molecule has 2 nitrogen and oxygen atoms in total. The van der Waals surface area contributed by atoms with E-state index in [4.69, 9.17) is 0 Å². The van der Waals surface area contributed by atoms with Gasteiger partial charge in [0.15, 0.2) is 0 Å². The predicted molar refractivity (Wildman–Crippen MR) is 88.3 cm³/mol. The van der Waals surface area contributed by atoms with Crippen molar-refractivity contribution in [3.05, 3.63) is 33.1 Å². The summed E-state index contributed by atoms with van der Waals surface area (Å²) in [5.74, 6) is -0.453. The Morgan fingerprint density at radius 1 is 1.42 bits per heavy atom. The zero-order valence-corrected chi connectivity index (χ0v) is 14.4. The molecular weight excluding hydrogens is 376 g/mol. The van der Waals surface area contributed by atoms with Gasteiger partial charge in [-0.1, -0.05) is 13.8 Å². The van der Waals surface area contributed by atoms with E-state index in [1.54, 1.807) is 11.8 Å². The summed E-state index contributed by atoms with van der Waals surface area (Å²) in [6.07, 6.45) is 4.08. The fourth-order valence-electron chi connectivity index (χ4n) is 1.87. The molecule has 0 aliphatic carbocycles. The van der Waals surface area contributed by atoms with Crippen molar-refractivity contribution in [3.63, 3.8) is 0 Å². The molecule has 1 N–H and O–H groups in total. The van der Waals surface area contributed by atoms with Crippen LogP contribution in [-0.4, -0.2) is 23.5 Å². The van der Waals surface area contributed by atoms with Gasteiger partial charge in [-0.25, -0.2) is 4.39 Å². The molecule has 0 aliphatic heterocycles. The van der Waals surface area contributed by atoms with Crippen LogP contribution in [0.4, 0.5) is 4.39 Å². The van der Waals surface area contributed by atoms with E-state index in [-0.39, 0.29) is 16.5 Å². The molecule has 0 radical (unpaired) electrons. The normalized spacial score (nSPS) is 11.4. The Kier molecular flexibility index (Phi) is 6.59. The Morgan fingerprint density at radius 2 is 2.05 bits per heavy atom. The van der Waals surface area contributed by atoms with E-state index < -0.39 is 0 Å². The van der Waals surface area contributed by atoms with Gasteiger partial charge in [0.1, 0.15) is 5.82 Å².